The molecule has 0 spiro atoms. The molecule has 0 heterocycles. The van der Waals surface area contributed by atoms with E-state index in [1.807, 2.05) is 0 Å². The molecule has 21 heavy (non-hydrogen) atoms. The molecule has 0 aliphatic rings. The van der Waals surface area contributed by atoms with Crippen LogP contribution in [0.5, 0.6) is 0 Å². The first-order chi connectivity index (χ1) is 8.19. The lowest BCUT2D eigenvalue weighted by Crippen LogP contribution is -2.22. The molecular weight excluding hydrogens is 272 g/mol. The Morgan fingerprint density at radius 1 is 0.571 bits per heavy atom. The van der Waals surface area contributed by atoms with Gasteiger partial charge in [0.25, 0.3) is 0 Å². The van der Waals surface area contributed by atoms with Gasteiger partial charge in [0.05, 0.1) is 25.9 Å². The van der Waals surface area contributed by atoms with Crippen molar-refractivity contribution >= 4 is 0 Å². The van der Waals surface area contributed by atoms with Crippen LogP contribution in [0.4, 0.5) is 0 Å². The minimum Gasteiger partial charge on any atom is -0.382 e. The summed E-state index contributed by atoms with van der Waals surface area (Å²) in [5.74, 6) is 0. The first kappa shape index (κ1) is 37.2. The van der Waals surface area contributed by atoms with E-state index in [0.29, 0.717) is 19.8 Å². The molecule has 0 rings (SSSR count). The Bertz CT molecular complexity index is 124. The summed E-state index contributed by atoms with van der Waals surface area (Å²) in [5, 5.41) is 0. The van der Waals surface area contributed by atoms with E-state index in [-0.39, 0.29) is 41.9 Å². The average Bonchev–Trinajstić information content (AvgIpc) is 2.36. The summed E-state index contributed by atoms with van der Waals surface area (Å²) >= 11 is 0. The van der Waals surface area contributed by atoms with Gasteiger partial charge in [-0.05, 0) is 6.42 Å². The predicted octanol–water partition coefficient (Wildman–Crippen LogP) is 3.90. The first-order valence-corrected chi connectivity index (χ1v) is 5.72. The highest BCUT2D eigenvalue weighted by Gasteiger charge is 2.03. The Morgan fingerprint density at radius 3 is 1.00 bits per heavy atom. The number of rotatable bonds is 9. The van der Waals surface area contributed by atoms with Crippen LogP contribution < -0.4 is 0 Å². The molecule has 5 nitrogen and oxygen atoms in total. The van der Waals surface area contributed by atoms with Gasteiger partial charge in [0, 0.05) is 35.5 Å². The summed E-state index contributed by atoms with van der Waals surface area (Å²) in [6.07, 6.45) is 1.37. The Labute approximate surface area is 135 Å². The van der Waals surface area contributed by atoms with Gasteiger partial charge in [-0.3, -0.25) is 0 Å². The second kappa shape index (κ2) is 31.9. The molecule has 1 atom stereocenters. The van der Waals surface area contributed by atoms with Crippen molar-refractivity contribution in [1.82, 2.24) is 0 Å². The van der Waals surface area contributed by atoms with Crippen LogP contribution in [-0.4, -0.2) is 67.6 Å². The maximum absolute atomic E-state index is 5.01. The quantitative estimate of drug-likeness (QED) is 0.645. The van der Waals surface area contributed by atoms with Crippen LogP contribution in [-0.2, 0) is 23.7 Å². The maximum Gasteiger partial charge on any atom is 0.104 e. The fourth-order valence-electron chi connectivity index (χ4n) is 1.09. The van der Waals surface area contributed by atoms with Gasteiger partial charge in [-0.1, -0.05) is 36.6 Å². The van der Waals surface area contributed by atoms with E-state index in [9.17, 15) is 0 Å². The van der Waals surface area contributed by atoms with E-state index >= 15 is 0 Å². The molecule has 0 N–H and O–H groups in total. The van der Waals surface area contributed by atoms with Gasteiger partial charge in [0.15, 0.2) is 0 Å². The highest BCUT2D eigenvalue weighted by atomic mass is 16.5. The van der Waals surface area contributed by atoms with Gasteiger partial charge in [0.1, 0.15) is 6.10 Å². The smallest absolute Gasteiger partial charge is 0.104 e. The predicted molar refractivity (Wildman–Crippen MR) is 94.4 cm³/mol. The normalized spacial score (nSPS) is 9.86. The summed E-state index contributed by atoms with van der Waals surface area (Å²) in [7, 11) is 8.31. The molecule has 0 aromatic carbocycles. The summed E-state index contributed by atoms with van der Waals surface area (Å²) in [5.41, 5.74) is 0. The highest BCUT2D eigenvalue weighted by Crippen LogP contribution is 1.94. The van der Waals surface area contributed by atoms with E-state index in [1.165, 1.54) is 0 Å². The van der Waals surface area contributed by atoms with Crippen LogP contribution in [0, 0.1) is 0 Å². The lowest BCUT2D eigenvalue weighted by atomic mass is 10.3. The monoisotopic (exact) mass is 316 g/mol. The van der Waals surface area contributed by atoms with Crippen molar-refractivity contribution in [1.29, 1.82) is 0 Å². The third-order valence-corrected chi connectivity index (χ3v) is 2.18. The summed E-state index contributed by atoms with van der Waals surface area (Å²) in [6.45, 7) is 3.95. The van der Waals surface area contributed by atoms with Crippen molar-refractivity contribution in [2.24, 2.45) is 0 Å². The lowest BCUT2D eigenvalue weighted by Gasteiger charge is -2.11. The average molecular weight is 317 g/mol. The van der Waals surface area contributed by atoms with Crippen LogP contribution in [0.15, 0.2) is 0 Å². The molecule has 1 unspecified atom stereocenters. The lowest BCUT2D eigenvalue weighted by molar-refractivity contribution is -0.0178. The second-order valence-corrected chi connectivity index (χ2v) is 3.49. The van der Waals surface area contributed by atoms with Crippen LogP contribution in [0.25, 0.3) is 0 Å². The molecule has 0 aliphatic carbocycles. The van der Waals surface area contributed by atoms with Gasteiger partial charge in [-0.2, -0.15) is 0 Å². The fraction of sp³-hybridized carbons (Fsp3) is 1.00. The van der Waals surface area contributed by atoms with E-state index < -0.39 is 0 Å². The zero-order valence-electron chi connectivity index (χ0n) is 12.0. The van der Waals surface area contributed by atoms with Gasteiger partial charge < -0.3 is 23.7 Å². The molecular formula is C16H44O5. The summed E-state index contributed by atoms with van der Waals surface area (Å²) in [4.78, 5) is 0. The molecule has 0 aromatic rings. The van der Waals surface area contributed by atoms with E-state index in [2.05, 4.69) is 6.92 Å². The van der Waals surface area contributed by atoms with Crippen molar-refractivity contribution in [3.05, 3.63) is 0 Å². The van der Waals surface area contributed by atoms with Crippen molar-refractivity contribution < 1.29 is 23.7 Å². The van der Waals surface area contributed by atoms with E-state index in [0.717, 1.165) is 6.42 Å². The Kier molecular flexibility index (Phi) is 56.6. The molecule has 0 radical (unpaired) electrons. The minimum atomic E-state index is 0. The van der Waals surface area contributed by atoms with Crippen molar-refractivity contribution in [3.8, 4) is 0 Å². The second-order valence-electron chi connectivity index (χ2n) is 3.49. The number of methoxy groups -OCH3 is 5. The molecule has 138 valence electrons. The van der Waals surface area contributed by atoms with Crippen LogP contribution in [0.3, 0.4) is 0 Å². The highest BCUT2D eigenvalue weighted by molar-refractivity contribution is 4.51. The van der Waals surface area contributed by atoms with Crippen molar-refractivity contribution in [2.75, 3.05) is 55.4 Å². The molecule has 0 saturated carbocycles. The topological polar surface area (TPSA) is 46.2 Å². The zero-order valence-corrected chi connectivity index (χ0v) is 12.0. The number of hydrogen-bond acceptors (Lipinski definition) is 5. The molecule has 0 amide bonds. The van der Waals surface area contributed by atoms with Crippen molar-refractivity contribution in [3.63, 3.8) is 0 Å². The van der Waals surface area contributed by atoms with E-state index in [1.54, 1.807) is 35.5 Å². The van der Waals surface area contributed by atoms with Crippen LogP contribution in [0.1, 0.15) is 43.1 Å². The summed E-state index contributed by atoms with van der Waals surface area (Å²) in [6, 6.07) is 0. The Hall–Kier alpha value is -0.200. The van der Waals surface area contributed by atoms with Gasteiger partial charge in [0.2, 0.25) is 0 Å². The van der Waals surface area contributed by atoms with Crippen molar-refractivity contribution in [2.45, 2.75) is 55.3 Å². The molecule has 0 bridgehead atoms. The number of hydrogen-bond donors (Lipinski definition) is 0. The molecule has 0 saturated heterocycles. The molecule has 5 heteroatoms. The Morgan fingerprint density at radius 2 is 0.857 bits per heavy atom. The Balaban J connectivity index is -0.0000000452. The third kappa shape index (κ3) is 28.6. The third-order valence-electron chi connectivity index (χ3n) is 2.18. The maximum atomic E-state index is 5.01. The first-order valence-electron chi connectivity index (χ1n) is 5.72. The SMILES string of the molecule is C.C.C.C.CCC(COC)OC.COCC(COC)OC. The van der Waals surface area contributed by atoms with Gasteiger partial charge in [-0.25, -0.2) is 0 Å². The van der Waals surface area contributed by atoms with Gasteiger partial charge in [-0.15, -0.1) is 0 Å². The molecule has 0 aliphatic heterocycles. The zero-order chi connectivity index (χ0) is 13.5. The standard InChI is InChI=1S/C6H14O3.C6H14O2.4CH4/c1-7-4-6(9-3)5-8-2;1-4-6(8-3)5-7-2;;;;/h6H,4-5H2,1-3H3;6H,4-5H2,1-3H3;4*1H4. The fourth-order valence-corrected chi connectivity index (χ4v) is 1.09. The minimum absolute atomic E-state index is 0. The van der Waals surface area contributed by atoms with Gasteiger partial charge >= 0.3 is 0 Å². The van der Waals surface area contributed by atoms with Crippen LogP contribution in [0.2, 0.25) is 0 Å². The molecule has 0 fully saturated rings. The van der Waals surface area contributed by atoms with E-state index in [4.69, 9.17) is 23.7 Å². The van der Waals surface area contributed by atoms with Crippen LogP contribution >= 0.6 is 0 Å². The summed E-state index contributed by atoms with van der Waals surface area (Å²) < 4.78 is 24.5. The largest absolute Gasteiger partial charge is 0.382 e. The number of ether oxygens (including phenoxy) is 5. The molecule has 0 aromatic heterocycles.